The van der Waals surface area contributed by atoms with Crippen LogP contribution >= 0.6 is 0 Å². The second-order valence-corrected chi connectivity index (χ2v) is 2.64. The Kier molecular flexibility index (Phi) is 1.42. The molecule has 0 aliphatic rings. The topological polar surface area (TPSA) is 4.93 Å². The van der Waals surface area contributed by atoms with Gasteiger partial charge in [0.1, 0.15) is 0 Å². The second-order valence-electron chi connectivity index (χ2n) is 2.64. The largest absolute Gasteiger partial charge is 0.353 e. The highest BCUT2D eigenvalue weighted by Crippen LogP contribution is 2.13. The summed E-state index contributed by atoms with van der Waals surface area (Å²) in [6.45, 7) is 3.18. The van der Waals surface area contributed by atoms with Gasteiger partial charge in [-0.1, -0.05) is 12.1 Å². The predicted octanol–water partition coefficient (Wildman–Crippen LogP) is 2.46. The quantitative estimate of drug-likeness (QED) is 0.579. The van der Waals surface area contributed by atoms with E-state index in [4.69, 9.17) is 0 Å². The first-order valence-corrected chi connectivity index (χ1v) is 3.86. The first-order chi connectivity index (χ1) is 5.40. The van der Waals surface area contributed by atoms with E-state index in [1.54, 1.807) is 0 Å². The SMILES string of the molecule is CCn1cc2c[c]ccc2c1. The van der Waals surface area contributed by atoms with Crippen LogP contribution in [0.5, 0.6) is 0 Å². The average molecular weight is 144 g/mol. The zero-order valence-electron chi connectivity index (χ0n) is 6.54. The van der Waals surface area contributed by atoms with E-state index in [-0.39, 0.29) is 0 Å². The molecule has 1 heterocycles. The maximum atomic E-state index is 3.06. The maximum Gasteiger partial charge on any atom is 0.0191 e. The van der Waals surface area contributed by atoms with Crippen molar-refractivity contribution in [2.75, 3.05) is 0 Å². The molecular weight excluding hydrogens is 134 g/mol. The van der Waals surface area contributed by atoms with Crippen molar-refractivity contribution in [3.8, 4) is 0 Å². The molecule has 0 aliphatic carbocycles. The molecule has 1 aromatic heterocycles. The third-order valence-corrected chi connectivity index (χ3v) is 1.91. The Morgan fingerprint density at radius 1 is 1.36 bits per heavy atom. The summed E-state index contributed by atoms with van der Waals surface area (Å²) in [5, 5.41) is 2.57. The van der Waals surface area contributed by atoms with Crippen molar-refractivity contribution in [3.63, 3.8) is 0 Å². The van der Waals surface area contributed by atoms with E-state index in [9.17, 15) is 0 Å². The predicted molar refractivity (Wildman–Crippen MR) is 46.4 cm³/mol. The number of nitrogens with zero attached hydrogens (tertiary/aromatic N) is 1. The Hall–Kier alpha value is -1.24. The summed E-state index contributed by atoms with van der Waals surface area (Å²) < 4.78 is 2.18. The van der Waals surface area contributed by atoms with Crippen LogP contribution in [0.4, 0.5) is 0 Å². The van der Waals surface area contributed by atoms with Crippen LogP contribution in [0.15, 0.2) is 30.6 Å². The van der Waals surface area contributed by atoms with Gasteiger partial charge in [-0.05, 0) is 29.8 Å². The van der Waals surface area contributed by atoms with E-state index in [0.29, 0.717) is 0 Å². The van der Waals surface area contributed by atoms with Gasteiger partial charge in [-0.15, -0.1) is 0 Å². The molecule has 55 valence electrons. The minimum atomic E-state index is 1.04. The molecule has 0 N–H and O–H groups in total. The van der Waals surface area contributed by atoms with E-state index in [1.165, 1.54) is 10.8 Å². The summed E-state index contributed by atoms with van der Waals surface area (Å²) >= 11 is 0. The molecule has 0 saturated heterocycles. The fourth-order valence-corrected chi connectivity index (χ4v) is 1.26. The molecule has 0 fully saturated rings. The van der Waals surface area contributed by atoms with Crippen LogP contribution in [-0.4, -0.2) is 4.57 Å². The summed E-state index contributed by atoms with van der Waals surface area (Å²) in [5.74, 6) is 0. The van der Waals surface area contributed by atoms with Gasteiger partial charge in [0.15, 0.2) is 0 Å². The molecule has 1 radical (unpaired) electrons. The first-order valence-electron chi connectivity index (χ1n) is 3.86. The van der Waals surface area contributed by atoms with Crippen molar-refractivity contribution in [2.45, 2.75) is 13.5 Å². The lowest BCUT2D eigenvalue weighted by Gasteiger charge is -1.90. The van der Waals surface area contributed by atoms with Gasteiger partial charge in [-0.2, -0.15) is 0 Å². The Bertz CT molecular complexity index is 327. The number of aromatic nitrogens is 1. The fourth-order valence-electron chi connectivity index (χ4n) is 1.26. The lowest BCUT2D eigenvalue weighted by atomic mass is 10.2. The monoisotopic (exact) mass is 144 g/mol. The Morgan fingerprint density at radius 3 is 2.91 bits per heavy atom. The summed E-state index contributed by atoms with van der Waals surface area (Å²) in [6.07, 6.45) is 4.30. The highest BCUT2D eigenvalue weighted by Gasteiger charge is 1.93. The number of fused-ring (bicyclic) bond motifs is 1. The van der Waals surface area contributed by atoms with Crippen LogP contribution in [0.2, 0.25) is 0 Å². The van der Waals surface area contributed by atoms with Gasteiger partial charge in [0.05, 0.1) is 0 Å². The van der Waals surface area contributed by atoms with Crippen LogP contribution < -0.4 is 0 Å². The van der Waals surface area contributed by atoms with E-state index in [0.717, 1.165) is 6.54 Å². The minimum Gasteiger partial charge on any atom is -0.353 e. The Labute approximate surface area is 66.3 Å². The lowest BCUT2D eigenvalue weighted by molar-refractivity contribution is 0.773. The van der Waals surface area contributed by atoms with Crippen molar-refractivity contribution < 1.29 is 0 Å². The molecule has 0 aliphatic heterocycles. The van der Waals surface area contributed by atoms with Gasteiger partial charge in [0.2, 0.25) is 0 Å². The van der Waals surface area contributed by atoms with E-state index >= 15 is 0 Å². The molecule has 1 heteroatoms. The number of hydrogen-bond donors (Lipinski definition) is 0. The molecule has 11 heavy (non-hydrogen) atoms. The van der Waals surface area contributed by atoms with E-state index in [2.05, 4.69) is 36.0 Å². The maximum absolute atomic E-state index is 3.06. The van der Waals surface area contributed by atoms with Crippen molar-refractivity contribution in [1.82, 2.24) is 4.57 Å². The molecule has 2 rings (SSSR count). The van der Waals surface area contributed by atoms with Gasteiger partial charge < -0.3 is 4.57 Å². The number of hydrogen-bond acceptors (Lipinski definition) is 0. The molecular formula is C10H10N. The summed E-state index contributed by atoms with van der Waals surface area (Å²) in [5.41, 5.74) is 0. The fraction of sp³-hybridized carbons (Fsp3) is 0.200. The van der Waals surface area contributed by atoms with E-state index < -0.39 is 0 Å². The molecule has 0 bridgehead atoms. The molecule has 0 saturated carbocycles. The minimum absolute atomic E-state index is 1.04. The highest BCUT2D eigenvalue weighted by atomic mass is 14.9. The third kappa shape index (κ3) is 1.03. The lowest BCUT2D eigenvalue weighted by Crippen LogP contribution is -1.85. The third-order valence-electron chi connectivity index (χ3n) is 1.91. The summed E-state index contributed by atoms with van der Waals surface area (Å²) in [6, 6.07) is 9.11. The summed E-state index contributed by atoms with van der Waals surface area (Å²) in [4.78, 5) is 0. The van der Waals surface area contributed by atoms with Crippen LogP contribution in [0.25, 0.3) is 10.8 Å². The zero-order chi connectivity index (χ0) is 7.68. The Balaban J connectivity index is 2.69. The number of aryl methyl sites for hydroxylation is 1. The van der Waals surface area contributed by atoms with Crippen LogP contribution in [-0.2, 0) is 6.54 Å². The van der Waals surface area contributed by atoms with Crippen molar-refractivity contribution >= 4 is 10.8 Å². The first kappa shape index (κ1) is 6.47. The zero-order valence-corrected chi connectivity index (χ0v) is 6.54. The van der Waals surface area contributed by atoms with Crippen LogP contribution in [0, 0.1) is 6.07 Å². The van der Waals surface area contributed by atoms with Crippen molar-refractivity contribution in [2.24, 2.45) is 0 Å². The molecule has 0 unspecified atom stereocenters. The van der Waals surface area contributed by atoms with Crippen molar-refractivity contribution in [3.05, 3.63) is 36.7 Å². The normalized spacial score (nSPS) is 10.6. The van der Waals surface area contributed by atoms with Gasteiger partial charge in [0, 0.05) is 18.9 Å². The highest BCUT2D eigenvalue weighted by molar-refractivity contribution is 5.81. The van der Waals surface area contributed by atoms with E-state index in [1.807, 2.05) is 12.1 Å². The average Bonchev–Trinajstić information content (AvgIpc) is 2.46. The molecule has 0 atom stereocenters. The van der Waals surface area contributed by atoms with Gasteiger partial charge in [-0.3, -0.25) is 0 Å². The van der Waals surface area contributed by atoms with Gasteiger partial charge in [0.25, 0.3) is 0 Å². The molecule has 0 spiro atoms. The second kappa shape index (κ2) is 2.42. The Morgan fingerprint density at radius 2 is 2.18 bits per heavy atom. The van der Waals surface area contributed by atoms with Gasteiger partial charge >= 0.3 is 0 Å². The number of benzene rings is 1. The molecule has 1 nitrogen and oxygen atoms in total. The summed E-state index contributed by atoms with van der Waals surface area (Å²) in [7, 11) is 0. The molecule has 1 aromatic carbocycles. The van der Waals surface area contributed by atoms with Crippen LogP contribution in [0.3, 0.4) is 0 Å². The molecule has 0 amide bonds. The number of rotatable bonds is 1. The molecule has 2 aromatic rings. The standard InChI is InChI=1S/C10H10N/c1-2-11-7-9-5-3-4-6-10(9)8-11/h3,5-8H,2H2,1H3. The smallest absolute Gasteiger partial charge is 0.0191 e. The van der Waals surface area contributed by atoms with Gasteiger partial charge in [-0.25, -0.2) is 0 Å². The van der Waals surface area contributed by atoms with Crippen molar-refractivity contribution in [1.29, 1.82) is 0 Å². The van der Waals surface area contributed by atoms with Crippen LogP contribution in [0.1, 0.15) is 6.92 Å².